The summed E-state index contributed by atoms with van der Waals surface area (Å²) in [6.07, 6.45) is 1.52. The first-order chi connectivity index (χ1) is 10.3. The van der Waals surface area contributed by atoms with Crippen molar-refractivity contribution in [1.29, 1.82) is 5.26 Å². The quantitative estimate of drug-likeness (QED) is 0.834. The monoisotopic (exact) mass is 280 g/mol. The maximum absolute atomic E-state index is 8.87. The molecule has 0 aliphatic carbocycles. The zero-order chi connectivity index (χ0) is 14.9. The lowest BCUT2D eigenvalue weighted by atomic mass is 10.2. The van der Waals surface area contributed by atoms with Gasteiger partial charge < -0.3 is 10.2 Å². The molecule has 0 bridgehead atoms. The average Bonchev–Trinajstić information content (AvgIpc) is 2.55. The fraction of sp³-hybridized carbons (Fsp3) is 0.294. The van der Waals surface area contributed by atoms with Gasteiger partial charge in [-0.3, -0.25) is 0 Å². The predicted octanol–water partition coefficient (Wildman–Crippen LogP) is 3.96. The van der Waals surface area contributed by atoms with Gasteiger partial charge in [-0.2, -0.15) is 5.26 Å². The molecule has 1 heterocycles. The Bertz CT molecular complexity index is 589. The number of nitrogens with zero attached hydrogens (tertiary/aromatic N) is 3. The van der Waals surface area contributed by atoms with Crippen molar-refractivity contribution in [2.45, 2.75) is 19.8 Å². The van der Waals surface area contributed by atoms with Crippen molar-refractivity contribution in [2.24, 2.45) is 0 Å². The highest BCUT2D eigenvalue weighted by Crippen LogP contribution is 2.24. The van der Waals surface area contributed by atoms with E-state index in [0.717, 1.165) is 30.3 Å². The van der Waals surface area contributed by atoms with E-state index >= 15 is 0 Å². The fourth-order valence-electron chi connectivity index (χ4n) is 2.07. The van der Waals surface area contributed by atoms with Gasteiger partial charge in [0.1, 0.15) is 11.6 Å². The third kappa shape index (κ3) is 4.22. The molecule has 108 valence electrons. The van der Waals surface area contributed by atoms with Gasteiger partial charge in [-0.15, -0.1) is 0 Å². The average molecular weight is 280 g/mol. The van der Waals surface area contributed by atoms with Crippen LogP contribution in [0.2, 0.25) is 0 Å². The van der Waals surface area contributed by atoms with Crippen molar-refractivity contribution >= 4 is 17.3 Å². The third-order valence-electron chi connectivity index (χ3n) is 3.08. The topological polar surface area (TPSA) is 52.0 Å². The molecule has 1 aromatic heterocycles. The van der Waals surface area contributed by atoms with Crippen molar-refractivity contribution < 1.29 is 0 Å². The Morgan fingerprint density at radius 3 is 2.67 bits per heavy atom. The Balaban J connectivity index is 2.26. The van der Waals surface area contributed by atoms with Crippen LogP contribution in [0.15, 0.2) is 48.5 Å². The fourth-order valence-corrected chi connectivity index (χ4v) is 2.07. The largest absolute Gasteiger partial charge is 0.370 e. The van der Waals surface area contributed by atoms with Crippen LogP contribution in [0, 0.1) is 11.3 Å². The summed E-state index contributed by atoms with van der Waals surface area (Å²) >= 11 is 0. The van der Waals surface area contributed by atoms with E-state index in [1.54, 1.807) is 0 Å². The summed E-state index contributed by atoms with van der Waals surface area (Å²) in [7, 11) is 0. The van der Waals surface area contributed by atoms with E-state index in [1.807, 2.05) is 48.5 Å². The molecule has 0 unspecified atom stereocenters. The molecule has 1 N–H and O–H groups in total. The number of rotatable bonds is 7. The first-order valence-electron chi connectivity index (χ1n) is 7.25. The maximum Gasteiger partial charge on any atom is 0.135 e. The summed E-state index contributed by atoms with van der Waals surface area (Å²) in [6.45, 7) is 3.66. The van der Waals surface area contributed by atoms with E-state index in [2.05, 4.69) is 28.2 Å². The first kappa shape index (κ1) is 14.9. The highest BCUT2D eigenvalue weighted by Gasteiger charge is 2.10. The predicted molar refractivity (Wildman–Crippen MR) is 86.7 cm³/mol. The Kier molecular flexibility index (Phi) is 5.60. The molecule has 1 aromatic carbocycles. The van der Waals surface area contributed by atoms with Crippen molar-refractivity contribution in [3.8, 4) is 6.07 Å². The van der Waals surface area contributed by atoms with Crippen LogP contribution in [0.1, 0.15) is 19.8 Å². The van der Waals surface area contributed by atoms with E-state index in [0.29, 0.717) is 13.0 Å². The summed E-state index contributed by atoms with van der Waals surface area (Å²) in [5.41, 5.74) is 1.05. The van der Waals surface area contributed by atoms with E-state index < -0.39 is 0 Å². The second-order valence-corrected chi connectivity index (χ2v) is 4.70. The van der Waals surface area contributed by atoms with Gasteiger partial charge in [0.25, 0.3) is 0 Å². The summed E-state index contributed by atoms with van der Waals surface area (Å²) in [5, 5.41) is 12.2. The van der Waals surface area contributed by atoms with Gasteiger partial charge in [0, 0.05) is 18.8 Å². The number of benzene rings is 1. The lowest BCUT2D eigenvalue weighted by Crippen LogP contribution is -2.19. The Labute approximate surface area is 126 Å². The van der Waals surface area contributed by atoms with Crippen LogP contribution in [0.25, 0.3) is 0 Å². The van der Waals surface area contributed by atoms with Crippen molar-refractivity contribution in [2.75, 3.05) is 23.3 Å². The molecule has 2 rings (SSSR count). The van der Waals surface area contributed by atoms with Gasteiger partial charge in [-0.25, -0.2) is 4.98 Å². The Hall–Kier alpha value is -2.54. The third-order valence-corrected chi connectivity index (χ3v) is 3.08. The van der Waals surface area contributed by atoms with Crippen LogP contribution >= 0.6 is 0 Å². The van der Waals surface area contributed by atoms with Crippen LogP contribution < -0.4 is 10.2 Å². The molecule has 4 nitrogen and oxygen atoms in total. The second-order valence-electron chi connectivity index (χ2n) is 4.70. The standard InChI is InChI=1S/C17H20N4/c1-2-13-19-16-10-6-11-17(20-16)21(14-7-12-18)15-8-4-3-5-9-15/h3-6,8-11H,2,7,13-14H2,1H3,(H,19,20). The normalized spacial score (nSPS) is 9.90. The molecule has 0 aliphatic heterocycles. The lowest BCUT2D eigenvalue weighted by Gasteiger charge is -2.23. The van der Waals surface area contributed by atoms with Gasteiger partial charge in [-0.05, 0) is 30.7 Å². The molecule has 0 radical (unpaired) electrons. The number of pyridine rings is 1. The summed E-state index contributed by atoms with van der Waals surface area (Å²) in [5.74, 6) is 1.73. The van der Waals surface area contributed by atoms with Gasteiger partial charge >= 0.3 is 0 Å². The Morgan fingerprint density at radius 2 is 1.95 bits per heavy atom. The van der Waals surface area contributed by atoms with Crippen molar-refractivity contribution in [3.05, 3.63) is 48.5 Å². The molecule has 0 saturated carbocycles. The number of para-hydroxylation sites is 1. The van der Waals surface area contributed by atoms with Crippen LogP contribution in [0.5, 0.6) is 0 Å². The van der Waals surface area contributed by atoms with Crippen LogP contribution in [0.3, 0.4) is 0 Å². The number of anilines is 3. The lowest BCUT2D eigenvalue weighted by molar-refractivity contribution is 0.921. The first-order valence-corrected chi connectivity index (χ1v) is 7.25. The molecular weight excluding hydrogens is 260 g/mol. The zero-order valence-corrected chi connectivity index (χ0v) is 12.3. The number of nitriles is 1. The van der Waals surface area contributed by atoms with E-state index in [9.17, 15) is 0 Å². The highest BCUT2D eigenvalue weighted by atomic mass is 15.2. The SMILES string of the molecule is CCCNc1cccc(N(CCC#N)c2ccccc2)n1. The van der Waals surface area contributed by atoms with Gasteiger partial charge in [-0.1, -0.05) is 31.2 Å². The molecule has 0 amide bonds. The molecule has 21 heavy (non-hydrogen) atoms. The van der Waals surface area contributed by atoms with Gasteiger partial charge in [0.2, 0.25) is 0 Å². The number of hydrogen-bond donors (Lipinski definition) is 1. The Morgan fingerprint density at radius 1 is 1.14 bits per heavy atom. The van der Waals surface area contributed by atoms with Crippen LogP contribution in [-0.2, 0) is 0 Å². The molecule has 2 aromatic rings. The second kappa shape index (κ2) is 7.91. The van der Waals surface area contributed by atoms with Crippen LogP contribution in [0.4, 0.5) is 17.3 Å². The van der Waals surface area contributed by atoms with Crippen LogP contribution in [-0.4, -0.2) is 18.1 Å². The zero-order valence-electron chi connectivity index (χ0n) is 12.3. The van der Waals surface area contributed by atoms with E-state index in [1.165, 1.54) is 0 Å². The molecule has 0 spiro atoms. The van der Waals surface area contributed by atoms with Crippen molar-refractivity contribution in [1.82, 2.24) is 4.98 Å². The summed E-state index contributed by atoms with van der Waals surface area (Å²) in [4.78, 5) is 6.72. The molecule has 0 saturated heterocycles. The number of nitrogens with one attached hydrogen (secondary N) is 1. The van der Waals surface area contributed by atoms with Crippen molar-refractivity contribution in [3.63, 3.8) is 0 Å². The summed E-state index contributed by atoms with van der Waals surface area (Å²) < 4.78 is 0. The van der Waals surface area contributed by atoms with Gasteiger partial charge in [0.05, 0.1) is 12.5 Å². The number of hydrogen-bond acceptors (Lipinski definition) is 4. The minimum absolute atomic E-state index is 0.461. The molecular formula is C17H20N4. The smallest absolute Gasteiger partial charge is 0.135 e. The maximum atomic E-state index is 8.87. The molecule has 0 aliphatic rings. The molecule has 0 atom stereocenters. The van der Waals surface area contributed by atoms with E-state index in [-0.39, 0.29) is 0 Å². The number of aromatic nitrogens is 1. The van der Waals surface area contributed by atoms with Gasteiger partial charge in [0.15, 0.2) is 0 Å². The minimum atomic E-state index is 0.461. The summed E-state index contributed by atoms with van der Waals surface area (Å²) in [6, 6.07) is 18.2. The van der Waals surface area contributed by atoms with E-state index in [4.69, 9.17) is 5.26 Å². The highest BCUT2D eigenvalue weighted by molar-refractivity contribution is 5.61. The molecule has 4 heteroatoms. The molecule has 0 fully saturated rings. The minimum Gasteiger partial charge on any atom is -0.370 e.